The second-order valence-corrected chi connectivity index (χ2v) is 4.81. The maximum Gasteiger partial charge on any atom is 0.261 e. The Morgan fingerprint density at radius 3 is 2.74 bits per heavy atom. The van der Waals surface area contributed by atoms with Gasteiger partial charge in [-0.1, -0.05) is 23.7 Å². The SMILES string of the molecule is Nc1cccc(N2C(=O)c3cc(Cl)ccc3C2O)c1. The molecule has 3 N–H and O–H groups in total. The number of nitrogen functional groups attached to an aromatic ring is 1. The van der Waals surface area contributed by atoms with Gasteiger partial charge in [-0.15, -0.1) is 0 Å². The zero-order chi connectivity index (χ0) is 13.6. The summed E-state index contributed by atoms with van der Waals surface area (Å²) in [4.78, 5) is 13.6. The van der Waals surface area contributed by atoms with Crippen LogP contribution in [0.15, 0.2) is 42.5 Å². The zero-order valence-electron chi connectivity index (χ0n) is 9.88. The number of aliphatic hydroxyl groups excluding tert-OH is 1. The summed E-state index contributed by atoms with van der Waals surface area (Å²) in [6, 6.07) is 11.7. The van der Waals surface area contributed by atoms with Crippen molar-refractivity contribution in [3.8, 4) is 0 Å². The van der Waals surface area contributed by atoms with Crippen LogP contribution < -0.4 is 10.6 Å². The molecule has 1 aliphatic rings. The fourth-order valence-corrected chi connectivity index (χ4v) is 2.42. The quantitative estimate of drug-likeness (QED) is 0.786. The number of fused-ring (bicyclic) bond motifs is 1. The minimum atomic E-state index is -1.01. The van der Waals surface area contributed by atoms with E-state index in [0.717, 1.165) is 0 Å². The smallest absolute Gasteiger partial charge is 0.261 e. The first-order valence-electron chi connectivity index (χ1n) is 5.74. The molecule has 1 atom stereocenters. The van der Waals surface area contributed by atoms with Crippen LogP contribution in [0, 0.1) is 0 Å². The van der Waals surface area contributed by atoms with Crippen molar-refractivity contribution >= 4 is 28.9 Å². The van der Waals surface area contributed by atoms with E-state index >= 15 is 0 Å². The molecule has 5 heteroatoms. The number of halogens is 1. The first-order valence-corrected chi connectivity index (χ1v) is 6.12. The van der Waals surface area contributed by atoms with Crippen LogP contribution in [0.4, 0.5) is 11.4 Å². The van der Waals surface area contributed by atoms with Crippen LogP contribution in [0.1, 0.15) is 22.1 Å². The van der Waals surface area contributed by atoms with Gasteiger partial charge in [0.05, 0.1) is 0 Å². The van der Waals surface area contributed by atoms with Crippen molar-refractivity contribution in [1.29, 1.82) is 0 Å². The molecule has 3 rings (SSSR count). The van der Waals surface area contributed by atoms with E-state index in [1.807, 2.05) is 0 Å². The van der Waals surface area contributed by atoms with Gasteiger partial charge in [-0.25, -0.2) is 0 Å². The number of anilines is 2. The molecule has 1 aliphatic heterocycles. The lowest BCUT2D eigenvalue weighted by Gasteiger charge is -2.21. The lowest BCUT2D eigenvalue weighted by molar-refractivity contribution is 0.0935. The Morgan fingerprint density at radius 1 is 1.21 bits per heavy atom. The van der Waals surface area contributed by atoms with E-state index in [2.05, 4.69) is 0 Å². The number of benzene rings is 2. The van der Waals surface area contributed by atoms with Crippen LogP contribution in [0.3, 0.4) is 0 Å². The summed E-state index contributed by atoms with van der Waals surface area (Å²) in [6.07, 6.45) is -1.01. The Kier molecular flexibility index (Phi) is 2.69. The van der Waals surface area contributed by atoms with Crippen molar-refractivity contribution < 1.29 is 9.90 Å². The van der Waals surface area contributed by atoms with Gasteiger partial charge < -0.3 is 10.8 Å². The summed E-state index contributed by atoms with van der Waals surface area (Å²) in [7, 11) is 0. The van der Waals surface area contributed by atoms with Gasteiger partial charge >= 0.3 is 0 Å². The lowest BCUT2D eigenvalue weighted by Crippen LogP contribution is -2.27. The van der Waals surface area contributed by atoms with Gasteiger partial charge in [0.1, 0.15) is 0 Å². The second-order valence-electron chi connectivity index (χ2n) is 4.38. The van der Waals surface area contributed by atoms with Gasteiger partial charge in [0.15, 0.2) is 6.23 Å². The second kappa shape index (κ2) is 4.26. The van der Waals surface area contributed by atoms with Crippen molar-refractivity contribution in [3.05, 3.63) is 58.6 Å². The topological polar surface area (TPSA) is 66.6 Å². The average molecular weight is 275 g/mol. The molecular formula is C14H11ClN2O2. The summed E-state index contributed by atoms with van der Waals surface area (Å²) in [5, 5.41) is 10.7. The fourth-order valence-electron chi connectivity index (χ4n) is 2.25. The monoisotopic (exact) mass is 274 g/mol. The largest absolute Gasteiger partial charge is 0.399 e. The summed E-state index contributed by atoms with van der Waals surface area (Å²) >= 11 is 5.88. The number of aliphatic hydroxyl groups is 1. The number of nitrogens with zero attached hydrogens (tertiary/aromatic N) is 1. The molecule has 0 saturated carbocycles. The van der Waals surface area contributed by atoms with Crippen molar-refractivity contribution in [2.75, 3.05) is 10.6 Å². The van der Waals surface area contributed by atoms with E-state index in [9.17, 15) is 9.90 Å². The molecule has 1 amide bonds. The predicted molar refractivity (Wildman–Crippen MR) is 74.1 cm³/mol. The Hall–Kier alpha value is -2.04. The molecule has 4 nitrogen and oxygen atoms in total. The zero-order valence-corrected chi connectivity index (χ0v) is 10.6. The van der Waals surface area contributed by atoms with Crippen LogP contribution in [-0.2, 0) is 0 Å². The summed E-state index contributed by atoms with van der Waals surface area (Å²) in [6.45, 7) is 0. The molecule has 19 heavy (non-hydrogen) atoms. The van der Waals surface area contributed by atoms with Gasteiger partial charge in [0.2, 0.25) is 0 Å². The molecule has 0 bridgehead atoms. The van der Waals surface area contributed by atoms with Crippen molar-refractivity contribution in [1.82, 2.24) is 0 Å². The molecule has 2 aromatic carbocycles. The molecule has 0 aliphatic carbocycles. The first kappa shape index (κ1) is 12.0. The molecule has 1 unspecified atom stereocenters. The van der Waals surface area contributed by atoms with Gasteiger partial charge in [0, 0.05) is 27.5 Å². The number of amides is 1. The van der Waals surface area contributed by atoms with E-state index in [0.29, 0.717) is 27.5 Å². The maximum absolute atomic E-state index is 12.3. The summed E-state index contributed by atoms with van der Waals surface area (Å²) < 4.78 is 0. The first-order chi connectivity index (χ1) is 9.08. The van der Waals surface area contributed by atoms with E-state index < -0.39 is 6.23 Å². The highest BCUT2D eigenvalue weighted by molar-refractivity contribution is 6.31. The third kappa shape index (κ3) is 1.85. The van der Waals surface area contributed by atoms with Crippen molar-refractivity contribution in [2.24, 2.45) is 0 Å². The van der Waals surface area contributed by atoms with E-state index in [-0.39, 0.29) is 5.91 Å². The van der Waals surface area contributed by atoms with Crippen LogP contribution in [0.25, 0.3) is 0 Å². The number of carbonyl (C=O) groups is 1. The molecule has 0 saturated heterocycles. The van der Waals surface area contributed by atoms with E-state index in [4.69, 9.17) is 17.3 Å². The molecule has 0 radical (unpaired) electrons. The highest BCUT2D eigenvalue weighted by Crippen LogP contribution is 2.37. The Bertz CT molecular complexity index is 672. The number of carbonyl (C=O) groups excluding carboxylic acids is 1. The van der Waals surface area contributed by atoms with Crippen LogP contribution in [0.5, 0.6) is 0 Å². The highest BCUT2D eigenvalue weighted by Gasteiger charge is 2.36. The lowest BCUT2D eigenvalue weighted by atomic mass is 10.1. The van der Waals surface area contributed by atoms with E-state index in [1.54, 1.807) is 42.5 Å². The minimum Gasteiger partial charge on any atom is -0.399 e. The number of nitrogens with two attached hydrogens (primary N) is 1. The van der Waals surface area contributed by atoms with Crippen LogP contribution in [0.2, 0.25) is 5.02 Å². The third-order valence-corrected chi connectivity index (χ3v) is 3.37. The van der Waals surface area contributed by atoms with Gasteiger partial charge in [0.25, 0.3) is 5.91 Å². The van der Waals surface area contributed by atoms with Crippen LogP contribution in [-0.4, -0.2) is 11.0 Å². The fraction of sp³-hybridized carbons (Fsp3) is 0.0714. The van der Waals surface area contributed by atoms with Gasteiger partial charge in [-0.2, -0.15) is 0 Å². The number of rotatable bonds is 1. The van der Waals surface area contributed by atoms with Crippen molar-refractivity contribution in [2.45, 2.75) is 6.23 Å². The average Bonchev–Trinajstić information content (AvgIpc) is 2.61. The Labute approximate surface area is 115 Å². The van der Waals surface area contributed by atoms with Crippen LogP contribution >= 0.6 is 11.6 Å². The molecule has 0 aromatic heterocycles. The van der Waals surface area contributed by atoms with E-state index in [1.165, 1.54) is 4.90 Å². The summed E-state index contributed by atoms with van der Waals surface area (Å²) in [5.74, 6) is -0.282. The molecule has 2 aromatic rings. The predicted octanol–water partition coefficient (Wildman–Crippen LogP) is 2.57. The standard InChI is InChI=1S/C14H11ClN2O2/c15-8-4-5-11-12(6-8)14(19)17(13(11)18)10-3-1-2-9(16)7-10/h1-7,13,18H,16H2. The number of hydrogen-bond donors (Lipinski definition) is 2. The molecular weight excluding hydrogens is 264 g/mol. The van der Waals surface area contributed by atoms with Crippen molar-refractivity contribution in [3.63, 3.8) is 0 Å². The summed E-state index contributed by atoms with van der Waals surface area (Å²) in [5.41, 5.74) is 7.77. The molecule has 1 heterocycles. The molecule has 0 fully saturated rings. The van der Waals surface area contributed by atoms with Gasteiger partial charge in [-0.3, -0.25) is 9.69 Å². The normalized spacial score (nSPS) is 17.7. The van der Waals surface area contributed by atoms with Gasteiger partial charge in [-0.05, 0) is 30.3 Å². The Balaban J connectivity index is 2.10. The highest BCUT2D eigenvalue weighted by atomic mass is 35.5. The minimum absolute atomic E-state index is 0.282. The maximum atomic E-state index is 12.3. The third-order valence-electron chi connectivity index (χ3n) is 3.14. The number of hydrogen-bond acceptors (Lipinski definition) is 3. The molecule has 96 valence electrons. The Morgan fingerprint density at radius 2 is 2.00 bits per heavy atom. The molecule has 0 spiro atoms.